The van der Waals surface area contributed by atoms with Crippen LogP contribution in [0.5, 0.6) is 11.5 Å². The number of amides is 2. The van der Waals surface area contributed by atoms with E-state index in [1.165, 1.54) is 23.6 Å². The van der Waals surface area contributed by atoms with Crippen LogP contribution in [-0.2, 0) is 31.0 Å². The lowest BCUT2D eigenvalue weighted by molar-refractivity contribution is -0.142. The van der Waals surface area contributed by atoms with Crippen LogP contribution in [0.1, 0.15) is 104 Å². The Balaban J connectivity index is 0.00000898. The average molecular weight is 891 g/mol. The highest BCUT2D eigenvalue weighted by molar-refractivity contribution is 7.59. The largest absolute Gasteiger partial charge is 0.507 e. The summed E-state index contributed by atoms with van der Waals surface area (Å²) in [6, 6.07) is 19.5. The quantitative estimate of drug-likeness (QED) is 0.0973. The number of phenolic OH excluding ortho intramolecular Hbond substituents is 1. The van der Waals surface area contributed by atoms with Crippen molar-refractivity contribution in [1.82, 2.24) is 15.2 Å². The number of pyridine rings is 1. The molecule has 0 fully saturated rings. The number of phenols is 1. The van der Waals surface area contributed by atoms with Gasteiger partial charge in [0.25, 0.3) is 0 Å². The van der Waals surface area contributed by atoms with Crippen LogP contribution < -0.4 is 21.5 Å². The Morgan fingerprint density at radius 1 is 0.984 bits per heavy atom. The summed E-state index contributed by atoms with van der Waals surface area (Å²) in [4.78, 5) is 76.7. The van der Waals surface area contributed by atoms with Gasteiger partial charge in [0.15, 0.2) is 17.3 Å². The summed E-state index contributed by atoms with van der Waals surface area (Å²) in [5.74, 6) is -3.76. The molecule has 4 bridgehead atoms. The minimum atomic E-state index is -1.25. The molecule has 13 nitrogen and oxygen atoms in total. The maximum absolute atomic E-state index is 14.7. The normalized spacial score (nSPS) is 16.9. The lowest BCUT2D eigenvalue weighted by Gasteiger charge is -2.32. The number of fused-ring (bicyclic) bond motifs is 5. The fourth-order valence-electron chi connectivity index (χ4n) is 8.23. The van der Waals surface area contributed by atoms with Gasteiger partial charge in [-0.2, -0.15) is 18.8 Å². The Kier molecular flexibility index (Phi) is 17.6. The van der Waals surface area contributed by atoms with Crippen molar-refractivity contribution in [2.45, 2.75) is 97.6 Å². The zero-order valence-electron chi connectivity index (χ0n) is 37.9. The molecule has 340 valence electrons. The summed E-state index contributed by atoms with van der Waals surface area (Å²) >= 11 is 0. The van der Waals surface area contributed by atoms with E-state index in [1.807, 2.05) is 31.2 Å². The van der Waals surface area contributed by atoms with Crippen molar-refractivity contribution in [1.29, 1.82) is 5.26 Å². The highest BCUT2D eigenvalue weighted by atomic mass is 32.1. The third-order valence-corrected chi connectivity index (χ3v) is 11.7. The van der Waals surface area contributed by atoms with Gasteiger partial charge in [-0.05, 0) is 91.2 Å². The van der Waals surface area contributed by atoms with E-state index in [9.17, 15) is 34.3 Å². The van der Waals surface area contributed by atoms with E-state index in [4.69, 9.17) is 21.2 Å². The van der Waals surface area contributed by atoms with Crippen LogP contribution in [0.2, 0.25) is 0 Å². The number of hydrogen-bond acceptors (Lipinski definition) is 11. The van der Waals surface area contributed by atoms with Crippen molar-refractivity contribution in [3.05, 3.63) is 100 Å². The molecule has 5 rings (SSSR count). The van der Waals surface area contributed by atoms with E-state index >= 15 is 0 Å². The summed E-state index contributed by atoms with van der Waals surface area (Å²) < 4.78 is 6.02. The SMILES string of the molecule is Cc1cc(-c2ccc(C(C)(C)C)cc2)nc(C)c1C(=O)C[C@@H](CCN)C(=O)N(C)[C@@H]1C(=O)C[C@@H](C)C(=O)N[C@H](C(=O)CCC#N)Cc2ccc(O)c(c2)-c2cc1ccc2OCCN.S. The topological polar surface area (TPSA) is 219 Å². The van der Waals surface area contributed by atoms with Gasteiger partial charge in [-0.1, -0.05) is 64.1 Å². The number of likely N-dealkylation sites (N-methyl/N-ethyl adjacent to an activating group) is 1. The van der Waals surface area contributed by atoms with Crippen molar-refractivity contribution in [2.75, 3.05) is 26.7 Å². The van der Waals surface area contributed by atoms with Crippen LogP contribution in [0.3, 0.4) is 0 Å². The van der Waals surface area contributed by atoms with Gasteiger partial charge in [-0.25, -0.2) is 0 Å². The van der Waals surface area contributed by atoms with Gasteiger partial charge in [-0.3, -0.25) is 29.0 Å². The molecule has 4 atom stereocenters. The Morgan fingerprint density at radius 3 is 2.31 bits per heavy atom. The third kappa shape index (κ3) is 12.0. The van der Waals surface area contributed by atoms with E-state index in [0.717, 1.165) is 11.3 Å². The van der Waals surface area contributed by atoms with Gasteiger partial charge in [0.2, 0.25) is 11.8 Å². The molecule has 1 aliphatic rings. The lowest BCUT2D eigenvalue weighted by atomic mass is 9.86. The Morgan fingerprint density at radius 2 is 1.69 bits per heavy atom. The van der Waals surface area contributed by atoms with Crippen molar-refractivity contribution in [2.24, 2.45) is 23.3 Å². The monoisotopic (exact) mass is 890 g/mol. The Bertz CT molecular complexity index is 2380. The number of ketones is 3. The minimum Gasteiger partial charge on any atom is -0.507 e. The number of benzene rings is 3. The number of aromatic nitrogens is 1. The maximum atomic E-state index is 14.7. The van der Waals surface area contributed by atoms with E-state index in [0.29, 0.717) is 44.8 Å². The van der Waals surface area contributed by atoms with Crippen LogP contribution in [0.4, 0.5) is 0 Å². The first-order valence-corrected chi connectivity index (χ1v) is 21.5. The second-order valence-electron chi connectivity index (χ2n) is 17.6. The Hall–Kier alpha value is -5.88. The first-order valence-electron chi connectivity index (χ1n) is 21.5. The number of nitrogens with one attached hydrogen (secondary N) is 1. The van der Waals surface area contributed by atoms with Crippen LogP contribution in [0.15, 0.2) is 66.7 Å². The smallest absolute Gasteiger partial charge is 0.226 e. The Labute approximate surface area is 383 Å². The molecule has 14 heteroatoms. The van der Waals surface area contributed by atoms with Gasteiger partial charge in [0, 0.05) is 79.1 Å². The molecule has 0 radical (unpaired) electrons. The highest BCUT2D eigenvalue weighted by Crippen LogP contribution is 2.40. The summed E-state index contributed by atoms with van der Waals surface area (Å²) in [6.07, 6.45) is -0.412. The molecule has 4 aromatic rings. The molecule has 2 amide bonds. The number of ether oxygens (including phenoxy) is 1. The van der Waals surface area contributed by atoms with Crippen LogP contribution in [0.25, 0.3) is 22.4 Å². The zero-order valence-corrected chi connectivity index (χ0v) is 38.9. The van der Waals surface area contributed by atoms with Gasteiger partial charge in [-0.15, -0.1) is 0 Å². The standard InChI is InChI=1S/C50H60N6O7.H2S/c1-29-23-39(33-11-14-36(15-12-33)50(4,5)6)54-31(3)46(29)43(59)28-35(18-20-52)49(62)56(7)47-34-13-17-45(63-22-21-53)38(27-34)37-25-32(10-16-41(37)57)26-40(42(58)9-8-19-51)55-48(61)30(2)24-44(47)60;/h10-17,23,25,27,30,35,40,47,57H,8-9,18,20-22,24,26,28,52-53H2,1-7H3,(H,55,61);1H2/t30-,35-,40+,47+;/m1./s1. The molecule has 1 aromatic heterocycles. The van der Waals surface area contributed by atoms with E-state index in [-0.39, 0.29) is 94.4 Å². The number of hydrogen-bond donors (Lipinski definition) is 4. The van der Waals surface area contributed by atoms with Crippen LogP contribution >= 0.6 is 13.5 Å². The molecule has 3 aromatic carbocycles. The summed E-state index contributed by atoms with van der Waals surface area (Å²) in [7, 11) is 1.49. The fourth-order valence-corrected chi connectivity index (χ4v) is 8.23. The fraction of sp³-hybridized carbons (Fsp3) is 0.420. The van der Waals surface area contributed by atoms with E-state index in [1.54, 1.807) is 44.2 Å². The number of carbonyl (C=O) groups is 5. The summed E-state index contributed by atoms with van der Waals surface area (Å²) in [6.45, 7) is 12.1. The number of carbonyl (C=O) groups excluding carboxylic acids is 5. The second kappa shape index (κ2) is 22.2. The number of nitrogens with two attached hydrogens (primary N) is 2. The first-order chi connectivity index (χ1) is 29.9. The minimum absolute atomic E-state index is 0. The number of rotatable bonds is 14. The molecule has 0 saturated heterocycles. The summed E-state index contributed by atoms with van der Waals surface area (Å²) in [5, 5.41) is 23.2. The number of aryl methyl sites for hydroxylation is 2. The van der Waals surface area contributed by atoms with Crippen LogP contribution in [0, 0.1) is 37.0 Å². The molecule has 0 unspecified atom stereocenters. The predicted molar refractivity (Wildman–Crippen MR) is 252 cm³/mol. The number of Topliss-reactive ketones (excluding diaryl/α,β-unsaturated/α-hetero) is 3. The van der Waals surface area contributed by atoms with Crippen molar-refractivity contribution < 1.29 is 33.8 Å². The number of aromatic hydroxyl groups is 1. The van der Waals surface area contributed by atoms with Gasteiger partial charge in [0.05, 0.1) is 17.8 Å². The molecule has 64 heavy (non-hydrogen) atoms. The van der Waals surface area contributed by atoms with Crippen LogP contribution in [-0.4, -0.2) is 76.9 Å². The first kappa shape index (κ1) is 50.8. The average Bonchev–Trinajstić information content (AvgIpc) is 3.24. The third-order valence-electron chi connectivity index (χ3n) is 11.7. The molecule has 0 aliphatic carbocycles. The van der Waals surface area contributed by atoms with Gasteiger partial charge < -0.3 is 31.5 Å². The van der Waals surface area contributed by atoms with Crippen molar-refractivity contribution in [3.8, 4) is 40.0 Å². The number of nitriles is 1. The highest BCUT2D eigenvalue weighted by Gasteiger charge is 2.36. The molecular weight excluding hydrogens is 829 g/mol. The molecule has 1 aliphatic heterocycles. The maximum Gasteiger partial charge on any atom is 0.226 e. The van der Waals surface area contributed by atoms with Crippen molar-refractivity contribution in [3.63, 3.8) is 0 Å². The molecule has 6 N–H and O–H groups in total. The molecule has 2 heterocycles. The lowest BCUT2D eigenvalue weighted by Crippen LogP contribution is -2.46. The summed E-state index contributed by atoms with van der Waals surface area (Å²) in [5.41, 5.74) is 18.1. The second-order valence-corrected chi connectivity index (χ2v) is 17.6. The number of nitrogens with zero attached hydrogens (tertiary/aromatic N) is 3. The zero-order chi connectivity index (χ0) is 46.2. The van der Waals surface area contributed by atoms with Crippen molar-refractivity contribution >= 4 is 42.7 Å². The predicted octanol–water partition coefficient (Wildman–Crippen LogP) is 6.73. The van der Waals surface area contributed by atoms with Gasteiger partial charge >= 0.3 is 0 Å². The van der Waals surface area contributed by atoms with E-state index in [2.05, 4.69) is 38.2 Å². The van der Waals surface area contributed by atoms with E-state index < -0.39 is 41.5 Å². The van der Waals surface area contributed by atoms with Gasteiger partial charge in [0.1, 0.15) is 24.1 Å². The molecular formula is C50H62N6O7S. The molecule has 0 saturated carbocycles. The molecule has 0 spiro atoms.